The predicted octanol–water partition coefficient (Wildman–Crippen LogP) is 6.55. The molecule has 0 unspecified atom stereocenters. The number of nitro benzene ring substituents is 1. The van der Waals surface area contributed by atoms with E-state index in [9.17, 15) is 19.7 Å². The van der Waals surface area contributed by atoms with Crippen LogP contribution < -0.4 is 14.2 Å². The highest BCUT2D eigenvalue weighted by atomic mass is 16.6. The standard InChI is InChI=1S/C30H31NO8/c1-4-5-17-36-25-12-7-22(8-13-25)24-11-16-28(27(20-24)31(34)35)39-30(33)23-9-14-26(15-10-23)37-18-6-19-38-29(32)21(2)3/h7-16,20H,2,4-6,17-19H2,1,3H3. The highest BCUT2D eigenvalue weighted by molar-refractivity contribution is 5.92. The van der Waals surface area contributed by atoms with E-state index in [0.29, 0.717) is 36.5 Å². The van der Waals surface area contributed by atoms with Gasteiger partial charge in [0.05, 0.1) is 30.3 Å². The first-order chi connectivity index (χ1) is 18.8. The second kappa shape index (κ2) is 14.3. The van der Waals surface area contributed by atoms with Crippen molar-refractivity contribution in [3.63, 3.8) is 0 Å². The summed E-state index contributed by atoms with van der Waals surface area (Å²) in [5, 5.41) is 11.7. The molecular formula is C30H31NO8. The van der Waals surface area contributed by atoms with Crippen molar-refractivity contribution < 1.29 is 33.5 Å². The Kier molecular flexibility index (Phi) is 10.6. The summed E-state index contributed by atoms with van der Waals surface area (Å²) in [5.74, 6) is -0.104. The summed E-state index contributed by atoms with van der Waals surface area (Å²) in [6.45, 7) is 8.31. The minimum atomic E-state index is -0.738. The highest BCUT2D eigenvalue weighted by Crippen LogP contribution is 2.33. The molecule has 39 heavy (non-hydrogen) atoms. The van der Waals surface area contributed by atoms with Crippen LogP contribution in [0.25, 0.3) is 11.1 Å². The lowest BCUT2D eigenvalue weighted by molar-refractivity contribution is -0.385. The lowest BCUT2D eigenvalue weighted by Gasteiger charge is -2.10. The first kappa shape index (κ1) is 28.9. The van der Waals surface area contributed by atoms with Gasteiger partial charge >= 0.3 is 17.6 Å². The van der Waals surface area contributed by atoms with E-state index < -0.39 is 16.9 Å². The number of benzene rings is 3. The minimum absolute atomic E-state index is 0.155. The van der Waals surface area contributed by atoms with Gasteiger partial charge in [0, 0.05) is 18.1 Å². The number of nitrogens with zero attached hydrogens (tertiary/aromatic N) is 1. The molecule has 0 radical (unpaired) electrons. The van der Waals surface area contributed by atoms with Crippen LogP contribution in [0.5, 0.6) is 17.2 Å². The van der Waals surface area contributed by atoms with Crippen molar-refractivity contribution in [3.05, 3.63) is 94.6 Å². The van der Waals surface area contributed by atoms with Crippen LogP contribution in [-0.4, -0.2) is 36.7 Å². The van der Waals surface area contributed by atoms with Crippen molar-refractivity contribution in [1.82, 2.24) is 0 Å². The van der Waals surface area contributed by atoms with Crippen molar-refractivity contribution in [2.45, 2.75) is 33.1 Å². The van der Waals surface area contributed by atoms with E-state index in [2.05, 4.69) is 13.5 Å². The van der Waals surface area contributed by atoms with Gasteiger partial charge in [0.2, 0.25) is 5.75 Å². The third kappa shape index (κ3) is 8.70. The van der Waals surface area contributed by atoms with Crippen LogP contribution in [0.1, 0.15) is 43.5 Å². The molecular weight excluding hydrogens is 502 g/mol. The van der Waals surface area contributed by atoms with Gasteiger partial charge in [0.15, 0.2) is 0 Å². The van der Waals surface area contributed by atoms with E-state index in [1.54, 1.807) is 25.1 Å². The molecule has 3 aromatic rings. The van der Waals surface area contributed by atoms with E-state index in [1.807, 2.05) is 24.3 Å². The van der Waals surface area contributed by atoms with Crippen LogP contribution in [0.15, 0.2) is 78.9 Å². The number of hydrogen-bond acceptors (Lipinski definition) is 8. The number of carbonyl (C=O) groups is 2. The number of nitro groups is 1. The maximum absolute atomic E-state index is 12.7. The van der Waals surface area contributed by atoms with Crippen molar-refractivity contribution in [2.24, 2.45) is 0 Å². The molecule has 3 aromatic carbocycles. The molecule has 9 heteroatoms. The molecule has 0 bridgehead atoms. The van der Waals surface area contributed by atoms with Gasteiger partial charge in [0.25, 0.3) is 0 Å². The maximum atomic E-state index is 12.7. The molecule has 0 aliphatic heterocycles. The van der Waals surface area contributed by atoms with Gasteiger partial charge in [-0.2, -0.15) is 0 Å². The first-order valence-corrected chi connectivity index (χ1v) is 12.6. The number of unbranched alkanes of at least 4 members (excludes halogenated alkanes) is 1. The van der Waals surface area contributed by atoms with Gasteiger partial charge in [-0.3, -0.25) is 10.1 Å². The maximum Gasteiger partial charge on any atom is 0.343 e. The van der Waals surface area contributed by atoms with Gasteiger partial charge in [-0.15, -0.1) is 0 Å². The summed E-state index contributed by atoms with van der Waals surface area (Å²) in [6, 6.07) is 17.9. The largest absolute Gasteiger partial charge is 0.494 e. The third-order valence-electron chi connectivity index (χ3n) is 5.54. The predicted molar refractivity (Wildman–Crippen MR) is 146 cm³/mol. The Morgan fingerprint density at radius 3 is 2.03 bits per heavy atom. The third-order valence-corrected chi connectivity index (χ3v) is 5.54. The smallest absolute Gasteiger partial charge is 0.343 e. The zero-order valence-corrected chi connectivity index (χ0v) is 22.0. The number of rotatable bonds is 14. The zero-order chi connectivity index (χ0) is 28.2. The van der Waals surface area contributed by atoms with Gasteiger partial charge in [0.1, 0.15) is 11.5 Å². The number of carbonyl (C=O) groups excluding carboxylic acids is 2. The van der Waals surface area contributed by atoms with Crippen LogP contribution >= 0.6 is 0 Å². The Balaban J connectivity index is 1.59. The Labute approximate surface area is 227 Å². The fourth-order valence-electron chi connectivity index (χ4n) is 3.39. The highest BCUT2D eigenvalue weighted by Gasteiger charge is 2.20. The zero-order valence-electron chi connectivity index (χ0n) is 22.0. The molecule has 0 saturated heterocycles. The molecule has 0 atom stereocenters. The van der Waals surface area contributed by atoms with E-state index in [1.165, 1.54) is 24.3 Å². The summed E-state index contributed by atoms with van der Waals surface area (Å²) in [5.41, 5.74) is 1.59. The van der Waals surface area contributed by atoms with Gasteiger partial charge in [-0.05, 0) is 66.9 Å². The molecule has 0 aliphatic rings. The molecule has 9 nitrogen and oxygen atoms in total. The molecule has 0 heterocycles. The molecule has 3 rings (SSSR count). The summed E-state index contributed by atoms with van der Waals surface area (Å²) in [4.78, 5) is 35.2. The molecule has 204 valence electrons. The summed E-state index contributed by atoms with van der Waals surface area (Å²) in [6.07, 6.45) is 2.48. The van der Waals surface area contributed by atoms with Crippen molar-refractivity contribution in [2.75, 3.05) is 19.8 Å². The Morgan fingerprint density at radius 2 is 1.44 bits per heavy atom. The number of hydrogen-bond donors (Lipinski definition) is 0. The average molecular weight is 534 g/mol. The van der Waals surface area contributed by atoms with Crippen molar-refractivity contribution in [3.8, 4) is 28.4 Å². The molecule has 0 amide bonds. The monoisotopic (exact) mass is 533 g/mol. The lowest BCUT2D eigenvalue weighted by Crippen LogP contribution is -2.10. The fourth-order valence-corrected chi connectivity index (χ4v) is 3.39. The first-order valence-electron chi connectivity index (χ1n) is 12.6. The Hall–Kier alpha value is -4.66. The molecule has 0 fully saturated rings. The van der Waals surface area contributed by atoms with E-state index in [0.717, 1.165) is 24.2 Å². The Morgan fingerprint density at radius 1 is 0.846 bits per heavy atom. The molecule has 0 spiro atoms. The normalized spacial score (nSPS) is 10.4. The fraction of sp³-hybridized carbons (Fsp3) is 0.267. The van der Waals surface area contributed by atoms with Crippen molar-refractivity contribution in [1.29, 1.82) is 0 Å². The number of ether oxygens (including phenoxy) is 4. The van der Waals surface area contributed by atoms with E-state index in [-0.39, 0.29) is 23.6 Å². The molecule has 0 N–H and O–H groups in total. The molecule has 0 aromatic heterocycles. The molecule has 0 aliphatic carbocycles. The molecule has 0 saturated carbocycles. The van der Waals surface area contributed by atoms with Crippen LogP contribution in [0.4, 0.5) is 5.69 Å². The summed E-state index contributed by atoms with van der Waals surface area (Å²) in [7, 11) is 0. The van der Waals surface area contributed by atoms with Crippen LogP contribution in [0, 0.1) is 10.1 Å². The van der Waals surface area contributed by atoms with Crippen LogP contribution in [0.3, 0.4) is 0 Å². The van der Waals surface area contributed by atoms with Crippen LogP contribution in [0.2, 0.25) is 0 Å². The average Bonchev–Trinajstić information content (AvgIpc) is 2.93. The Bertz CT molecular complexity index is 1300. The van der Waals surface area contributed by atoms with Gasteiger partial charge < -0.3 is 18.9 Å². The lowest BCUT2D eigenvalue weighted by atomic mass is 10.0. The second-order valence-electron chi connectivity index (χ2n) is 8.70. The van der Waals surface area contributed by atoms with E-state index >= 15 is 0 Å². The van der Waals surface area contributed by atoms with E-state index in [4.69, 9.17) is 18.9 Å². The summed E-state index contributed by atoms with van der Waals surface area (Å²) >= 11 is 0. The minimum Gasteiger partial charge on any atom is -0.494 e. The second-order valence-corrected chi connectivity index (χ2v) is 8.70. The van der Waals surface area contributed by atoms with Crippen molar-refractivity contribution >= 4 is 17.6 Å². The quantitative estimate of drug-likeness (QED) is 0.0572. The SMILES string of the molecule is C=C(C)C(=O)OCCCOc1ccc(C(=O)Oc2ccc(-c3ccc(OCCCC)cc3)cc2[N+](=O)[O-])cc1. The number of esters is 2. The summed E-state index contributed by atoms with van der Waals surface area (Å²) < 4.78 is 21.6. The van der Waals surface area contributed by atoms with Gasteiger partial charge in [-0.1, -0.05) is 38.1 Å². The topological polar surface area (TPSA) is 114 Å². The van der Waals surface area contributed by atoms with Crippen LogP contribution in [-0.2, 0) is 9.53 Å². The van der Waals surface area contributed by atoms with Gasteiger partial charge in [-0.25, -0.2) is 9.59 Å².